The van der Waals surface area contributed by atoms with E-state index in [1.165, 1.54) is 18.3 Å². The van der Waals surface area contributed by atoms with Crippen LogP contribution in [0.5, 0.6) is 11.5 Å². The van der Waals surface area contributed by atoms with E-state index in [9.17, 15) is 18.0 Å². The lowest BCUT2D eigenvalue weighted by Crippen LogP contribution is -2.33. The lowest BCUT2D eigenvalue weighted by atomic mass is 10.0. The van der Waals surface area contributed by atoms with Crippen LogP contribution in [0.3, 0.4) is 0 Å². The lowest BCUT2D eigenvalue weighted by Gasteiger charge is -2.19. The van der Waals surface area contributed by atoms with Crippen molar-refractivity contribution in [1.82, 2.24) is 15.1 Å². The van der Waals surface area contributed by atoms with Gasteiger partial charge in [-0.1, -0.05) is 18.2 Å². The Hall–Kier alpha value is -3.62. The van der Waals surface area contributed by atoms with Crippen molar-refractivity contribution < 1.29 is 27.4 Å². The number of fused-ring (bicyclic) bond motifs is 1. The molecule has 30 heavy (non-hydrogen) atoms. The number of hydrogen-bond donors (Lipinski definition) is 0. The van der Waals surface area contributed by atoms with E-state index in [-0.39, 0.29) is 17.4 Å². The Morgan fingerprint density at radius 1 is 1.07 bits per heavy atom. The number of hydrogen-bond acceptors (Lipinski definition) is 5. The number of rotatable bonds is 3. The van der Waals surface area contributed by atoms with Gasteiger partial charge in [-0.25, -0.2) is 0 Å². The highest BCUT2D eigenvalue weighted by Gasteiger charge is 2.31. The monoisotopic (exact) mass is 415 g/mol. The number of amides is 1. The number of benzene rings is 2. The first kappa shape index (κ1) is 19.7. The van der Waals surface area contributed by atoms with Gasteiger partial charge in [0.25, 0.3) is 5.91 Å². The van der Waals surface area contributed by atoms with E-state index in [0.29, 0.717) is 31.0 Å². The van der Waals surface area contributed by atoms with Crippen LogP contribution in [-0.2, 0) is 6.54 Å². The fourth-order valence-corrected chi connectivity index (χ4v) is 3.17. The fourth-order valence-electron chi connectivity index (χ4n) is 3.17. The maximum absolute atomic E-state index is 12.7. The van der Waals surface area contributed by atoms with Crippen LogP contribution in [0.2, 0.25) is 0 Å². The topological polar surface area (TPSA) is 64.6 Å². The molecule has 1 aliphatic rings. The van der Waals surface area contributed by atoms with Crippen molar-refractivity contribution >= 4 is 5.91 Å². The average Bonchev–Trinajstić information content (AvgIpc) is 2.95. The Labute approximate surface area is 169 Å². The van der Waals surface area contributed by atoms with Crippen LogP contribution in [0.15, 0.2) is 60.8 Å². The van der Waals surface area contributed by atoms with Gasteiger partial charge in [-0.15, -0.1) is 18.3 Å². The molecule has 154 valence electrons. The molecule has 1 aliphatic heterocycles. The first-order valence-electron chi connectivity index (χ1n) is 9.08. The number of carbonyl (C=O) groups is 1. The van der Waals surface area contributed by atoms with Crippen LogP contribution >= 0.6 is 0 Å². The van der Waals surface area contributed by atoms with Crippen molar-refractivity contribution in [3.8, 4) is 22.6 Å². The fraction of sp³-hybridized carbons (Fsp3) is 0.190. The molecule has 0 spiro atoms. The van der Waals surface area contributed by atoms with Gasteiger partial charge in [0.05, 0.1) is 6.54 Å². The van der Waals surface area contributed by atoms with Crippen LogP contribution in [0.1, 0.15) is 16.1 Å². The Bertz CT molecular complexity index is 1040. The first-order valence-corrected chi connectivity index (χ1v) is 9.08. The maximum atomic E-state index is 12.7. The molecule has 0 N–H and O–H groups in total. The minimum absolute atomic E-state index is 0.248. The smallest absolute Gasteiger partial charge is 0.491 e. The zero-order valence-electron chi connectivity index (χ0n) is 15.6. The van der Waals surface area contributed by atoms with E-state index in [0.717, 1.165) is 11.1 Å². The standard InChI is InChI=1S/C21H16F3N3O3/c22-21(23,24)30-17-6-3-14(4-7-17)15-5-8-19-16(12-15)13-27(10-11-29-19)20(28)18-2-1-9-25-26-18/h1-9,12H,10-11,13H2. The van der Waals surface area contributed by atoms with Crippen LogP contribution < -0.4 is 9.47 Å². The van der Waals surface area contributed by atoms with Gasteiger partial charge in [0.2, 0.25) is 0 Å². The molecule has 0 unspecified atom stereocenters. The van der Waals surface area contributed by atoms with Crippen molar-refractivity contribution in [2.45, 2.75) is 12.9 Å². The van der Waals surface area contributed by atoms with Gasteiger partial charge in [0.1, 0.15) is 18.1 Å². The zero-order chi connectivity index (χ0) is 21.1. The summed E-state index contributed by atoms with van der Waals surface area (Å²) in [6.07, 6.45) is -3.24. The summed E-state index contributed by atoms with van der Waals surface area (Å²) in [6.45, 7) is 1.04. The molecule has 0 fully saturated rings. The van der Waals surface area contributed by atoms with Crippen molar-refractivity contribution in [3.63, 3.8) is 0 Å². The van der Waals surface area contributed by atoms with Crippen LogP contribution in [0, 0.1) is 0 Å². The molecule has 1 aromatic heterocycles. The molecule has 0 atom stereocenters. The summed E-state index contributed by atoms with van der Waals surface area (Å²) in [5.41, 5.74) is 2.53. The highest BCUT2D eigenvalue weighted by Crippen LogP contribution is 2.31. The molecule has 4 rings (SSSR count). The van der Waals surface area contributed by atoms with Crippen LogP contribution in [-0.4, -0.2) is 40.5 Å². The maximum Gasteiger partial charge on any atom is 0.573 e. The Kier molecular flexibility index (Phi) is 5.26. The van der Waals surface area contributed by atoms with Crippen molar-refractivity contribution in [3.05, 3.63) is 72.1 Å². The quantitative estimate of drug-likeness (QED) is 0.645. The summed E-state index contributed by atoms with van der Waals surface area (Å²) in [6, 6.07) is 14.3. The van der Waals surface area contributed by atoms with Crippen molar-refractivity contribution in [2.24, 2.45) is 0 Å². The van der Waals surface area contributed by atoms with Gasteiger partial charge in [-0.05, 0) is 47.5 Å². The van der Waals surface area contributed by atoms with E-state index in [4.69, 9.17) is 4.74 Å². The summed E-state index contributed by atoms with van der Waals surface area (Å²) >= 11 is 0. The summed E-state index contributed by atoms with van der Waals surface area (Å²) in [7, 11) is 0. The Morgan fingerprint density at radius 2 is 1.83 bits per heavy atom. The third-order valence-corrected chi connectivity index (χ3v) is 4.54. The molecule has 6 nitrogen and oxygen atoms in total. The van der Waals surface area contributed by atoms with E-state index >= 15 is 0 Å². The predicted molar refractivity (Wildman–Crippen MR) is 101 cm³/mol. The molecule has 3 aromatic rings. The second kappa shape index (κ2) is 8.02. The van der Waals surface area contributed by atoms with E-state index in [2.05, 4.69) is 14.9 Å². The highest BCUT2D eigenvalue weighted by molar-refractivity contribution is 5.92. The number of nitrogens with zero attached hydrogens (tertiary/aromatic N) is 3. The molecule has 0 aliphatic carbocycles. The largest absolute Gasteiger partial charge is 0.573 e. The van der Waals surface area contributed by atoms with Gasteiger partial charge >= 0.3 is 6.36 Å². The lowest BCUT2D eigenvalue weighted by molar-refractivity contribution is -0.274. The van der Waals surface area contributed by atoms with E-state index < -0.39 is 6.36 Å². The van der Waals surface area contributed by atoms with Crippen molar-refractivity contribution in [1.29, 1.82) is 0 Å². The SMILES string of the molecule is O=C(c1cccnn1)N1CCOc2ccc(-c3ccc(OC(F)(F)F)cc3)cc2C1. The van der Waals surface area contributed by atoms with Gasteiger partial charge in [0.15, 0.2) is 5.69 Å². The molecular weight excluding hydrogens is 399 g/mol. The summed E-state index contributed by atoms with van der Waals surface area (Å²) in [5.74, 6) is 0.119. The van der Waals surface area contributed by atoms with Crippen LogP contribution in [0.25, 0.3) is 11.1 Å². The predicted octanol–water partition coefficient (Wildman–Crippen LogP) is 4.08. The van der Waals surface area contributed by atoms with Gasteiger partial charge in [-0.2, -0.15) is 5.10 Å². The molecule has 2 aromatic carbocycles. The van der Waals surface area contributed by atoms with Gasteiger partial charge in [0, 0.05) is 18.3 Å². The zero-order valence-corrected chi connectivity index (χ0v) is 15.6. The number of aromatic nitrogens is 2. The third-order valence-electron chi connectivity index (χ3n) is 4.54. The van der Waals surface area contributed by atoms with Gasteiger partial charge < -0.3 is 14.4 Å². The second-order valence-corrected chi connectivity index (χ2v) is 6.58. The van der Waals surface area contributed by atoms with E-state index in [1.54, 1.807) is 35.2 Å². The first-order chi connectivity index (χ1) is 14.4. The summed E-state index contributed by atoms with van der Waals surface area (Å²) < 4.78 is 46.7. The highest BCUT2D eigenvalue weighted by atomic mass is 19.4. The number of carbonyl (C=O) groups excluding carboxylic acids is 1. The molecule has 9 heteroatoms. The number of ether oxygens (including phenoxy) is 2. The summed E-state index contributed by atoms with van der Waals surface area (Å²) in [4.78, 5) is 14.4. The molecule has 0 bridgehead atoms. The molecule has 0 saturated heterocycles. The second-order valence-electron chi connectivity index (χ2n) is 6.58. The van der Waals surface area contributed by atoms with Crippen LogP contribution in [0.4, 0.5) is 13.2 Å². The Balaban J connectivity index is 1.57. The minimum Gasteiger partial charge on any atom is -0.491 e. The molecule has 2 heterocycles. The van der Waals surface area contributed by atoms with E-state index in [1.807, 2.05) is 12.1 Å². The molecule has 0 radical (unpaired) electrons. The van der Waals surface area contributed by atoms with Gasteiger partial charge in [-0.3, -0.25) is 4.79 Å². The molecule has 0 saturated carbocycles. The Morgan fingerprint density at radius 3 is 2.53 bits per heavy atom. The molecular formula is C21H16F3N3O3. The minimum atomic E-state index is -4.73. The normalized spacial score (nSPS) is 13.8. The molecule has 1 amide bonds. The number of alkyl halides is 3. The number of halogens is 3. The van der Waals surface area contributed by atoms with Crippen molar-refractivity contribution in [2.75, 3.05) is 13.2 Å². The average molecular weight is 415 g/mol. The third kappa shape index (κ3) is 4.51. The summed E-state index contributed by atoms with van der Waals surface area (Å²) in [5, 5.41) is 7.61.